The van der Waals surface area contributed by atoms with Gasteiger partial charge in [-0.1, -0.05) is 23.7 Å². The van der Waals surface area contributed by atoms with Gasteiger partial charge in [-0.3, -0.25) is 9.59 Å². The summed E-state index contributed by atoms with van der Waals surface area (Å²) in [7, 11) is 2.07. The molecule has 2 fully saturated rings. The number of ether oxygens (including phenoxy) is 1. The van der Waals surface area contributed by atoms with Gasteiger partial charge in [0.05, 0.1) is 29.2 Å². The minimum absolute atomic E-state index is 0.215. The van der Waals surface area contributed by atoms with Gasteiger partial charge in [0.2, 0.25) is 11.9 Å². The molecule has 6 rings (SSSR count). The Hall–Kier alpha value is -3.87. The highest BCUT2D eigenvalue weighted by atomic mass is 35.5. The minimum Gasteiger partial charge on any atom is -0.381 e. The third-order valence-corrected chi connectivity index (χ3v) is 9.16. The molecule has 0 saturated carbocycles. The number of nitrogens with zero attached hydrogens (tertiary/aromatic N) is 6. The normalized spacial score (nSPS) is 18.9. The van der Waals surface area contributed by atoms with E-state index in [0.29, 0.717) is 52.4 Å². The number of carbonyl (C=O) groups excluding carboxylic acids is 2. The highest BCUT2D eigenvalue weighted by molar-refractivity contribution is 6.33. The number of fused-ring (bicyclic) bond motifs is 1. The maximum atomic E-state index is 14.9. The molecule has 11 nitrogen and oxygen atoms in total. The number of halogens is 2. The van der Waals surface area contributed by atoms with Gasteiger partial charge in [-0.05, 0) is 51.4 Å². The summed E-state index contributed by atoms with van der Waals surface area (Å²) in [6, 6.07) is 6.03. The van der Waals surface area contributed by atoms with Gasteiger partial charge < -0.3 is 30.1 Å². The Labute approximate surface area is 267 Å². The molecule has 2 N–H and O–H groups in total. The van der Waals surface area contributed by atoms with Crippen molar-refractivity contribution >= 4 is 35.2 Å². The van der Waals surface area contributed by atoms with Crippen LogP contribution in [0.25, 0.3) is 11.3 Å². The number of rotatable bonds is 8. The summed E-state index contributed by atoms with van der Waals surface area (Å²) in [5.41, 5.74) is 2.85. The second-order valence-corrected chi connectivity index (χ2v) is 12.4. The molecule has 1 aromatic carbocycles. The summed E-state index contributed by atoms with van der Waals surface area (Å²) in [5, 5.41) is 6.63. The topological polar surface area (TPSA) is 116 Å². The smallest absolute Gasteiger partial charge is 0.255 e. The Morgan fingerprint density at radius 2 is 1.84 bits per heavy atom. The Kier molecular flexibility index (Phi) is 9.16. The van der Waals surface area contributed by atoms with Gasteiger partial charge in [0.15, 0.2) is 0 Å². The highest BCUT2D eigenvalue weighted by Gasteiger charge is 2.35. The maximum Gasteiger partial charge on any atom is 0.255 e. The van der Waals surface area contributed by atoms with Gasteiger partial charge in [-0.25, -0.2) is 19.3 Å². The fourth-order valence-corrected chi connectivity index (χ4v) is 6.18. The zero-order chi connectivity index (χ0) is 31.7. The predicted octanol–water partition coefficient (Wildman–Crippen LogP) is 3.90. The van der Waals surface area contributed by atoms with Crippen molar-refractivity contribution in [3.05, 3.63) is 64.2 Å². The standard InChI is InChI=1S/C32H38ClFN8O3/c1-19(24-15-28(35-17-27(24)34)41-10-8-40(3)9-11-41)37-30(43)20(2)42-18-22-5-4-21(14-25(22)31(42)44)29-26(33)16-36-32(39-29)38-23-6-12-45-13-7-23/h4-5,14-17,19-20,23H,6-13,18H2,1-3H3,(H,37,43)(H,36,38,39)/t19-,20-/m1/s1. The molecule has 0 spiro atoms. The number of aromatic nitrogens is 3. The average molecular weight is 637 g/mol. The molecule has 5 heterocycles. The first-order valence-corrected chi connectivity index (χ1v) is 15.8. The zero-order valence-corrected chi connectivity index (χ0v) is 26.5. The molecule has 45 heavy (non-hydrogen) atoms. The summed E-state index contributed by atoms with van der Waals surface area (Å²) in [6.07, 6.45) is 4.50. The van der Waals surface area contributed by atoms with Gasteiger partial charge >= 0.3 is 0 Å². The van der Waals surface area contributed by atoms with Crippen LogP contribution in [0, 0.1) is 5.82 Å². The number of benzene rings is 1. The third kappa shape index (κ3) is 6.73. The molecule has 0 unspecified atom stereocenters. The summed E-state index contributed by atoms with van der Waals surface area (Å²) in [4.78, 5) is 46.1. The first-order chi connectivity index (χ1) is 21.7. The average Bonchev–Trinajstić information content (AvgIpc) is 3.38. The molecule has 238 valence electrons. The molecule has 3 aliphatic heterocycles. The summed E-state index contributed by atoms with van der Waals surface area (Å²) in [5.74, 6) is 0.0320. The van der Waals surface area contributed by atoms with E-state index in [0.717, 1.165) is 44.6 Å². The summed E-state index contributed by atoms with van der Waals surface area (Å²) in [6.45, 7) is 8.46. The monoisotopic (exact) mass is 636 g/mol. The van der Waals surface area contributed by atoms with Crippen molar-refractivity contribution in [3.63, 3.8) is 0 Å². The number of nitrogens with one attached hydrogen (secondary N) is 2. The second-order valence-electron chi connectivity index (χ2n) is 12.0. The lowest BCUT2D eigenvalue weighted by molar-refractivity contribution is -0.125. The van der Waals surface area contributed by atoms with E-state index in [1.807, 2.05) is 12.1 Å². The number of hydrogen-bond donors (Lipinski definition) is 2. The first kappa shape index (κ1) is 31.1. The lowest BCUT2D eigenvalue weighted by atomic mass is 10.0. The molecule has 2 saturated heterocycles. The summed E-state index contributed by atoms with van der Waals surface area (Å²) >= 11 is 6.49. The zero-order valence-electron chi connectivity index (χ0n) is 25.7. The van der Waals surface area contributed by atoms with Crippen LogP contribution in [-0.4, -0.2) is 95.1 Å². The lowest BCUT2D eigenvalue weighted by Gasteiger charge is -2.33. The number of likely N-dealkylation sites (N-methyl/N-ethyl adjacent to an activating group) is 1. The number of carbonyl (C=O) groups is 2. The van der Waals surface area contributed by atoms with Crippen molar-refractivity contribution in [1.29, 1.82) is 0 Å². The fourth-order valence-electron chi connectivity index (χ4n) is 5.98. The van der Waals surface area contributed by atoms with Crippen LogP contribution in [0.3, 0.4) is 0 Å². The fraction of sp³-hybridized carbons (Fsp3) is 0.469. The molecule has 2 atom stereocenters. The number of pyridine rings is 1. The van der Waals surface area contributed by atoms with E-state index in [1.54, 1.807) is 32.2 Å². The van der Waals surface area contributed by atoms with Gasteiger partial charge in [-0.15, -0.1) is 0 Å². The van der Waals surface area contributed by atoms with Crippen LogP contribution >= 0.6 is 11.6 Å². The molecule has 0 bridgehead atoms. The molecule has 2 amide bonds. The van der Waals surface area contributed by atoms with Crippen LogP contribution in [0.2, 0.25) is 5.02 Å². The number of anilines is 2. The van der Waals surface area contributed by atoms with E-state index in [-0.39, 0.29) is 24.4 Å². The predicted molar refractivity (Wildman–Crippen MR) is 170 cm³/mol. The molecule has 3 aromatic rings. The molecule has 0 radical (unpaired) electrons. The van der Waals surface area contributed by atoms with E-state index in [9.17, 15) is 14.0 Å². The number of hydrogen-bond acceptors (Lipinski definition) is 9. The van der Waals surface area contributed by atoms with E-state index in [4.69, 9.17) is 16.3 Å². The van der Waals surface area contributed by atoms with E-state index in [1.165, 1.54) is 11.1 Å². The van der Waals surface area contributed by atoms with E-state index < -0.39 is 17.9 Å². The van der Waals surface area contributed by atoms with Crippen molar-refractivity contribution in [2.45, 2.75) is 51.4 Å². The quantitative estimate of drug-likeness (QED) is 0.380. The summed E-state index contributed by atoms with van der Waals surface area (Å²) < 4.78 is 20.3. The Morgan fingerprint density at radius 3 is 2.60 bits per heavy atom. The van der Waals surface area contributed by atoms with Crippen LogP contribution in [0.15, 0.2) is 36.7 Å². The van der Waals surface area contributed by atoms with Crippen molar-refractivity contribution in [2.24, 2.45) is 0 Å². The number of amides is 2. The van der Waals surface area contributed by atoms with Gasteiger partial charge in [-0.2, -0.15) is 0 Å². The highest BCUT2D eigenvalue weighted by Crippen LogP contribution is 2.33. The lowest BCUT2D eigenvalue weighted by Crippen LogP contribution is -2.46. The Balaban J connectivity index is 1.13. The van der Waals surface area contributed by atoms with Crippen molar-refractivity contribution in [3.8, 4) is 11.3 Å². The number of piperazine rings is 1. The van der Waals surface area contributed by atoms with E-state index >= 15 is 0 Å². The van der Waals surface area contributed by atoms with Crippen molar-refractivity contribution < 1.29 is 18.7 Å². The van der Waals surface area contributed by atoms with Crippen LogP contribution in [0.5, 0.6) is 0 Å². The second kappa shape index (κ2) is 13.2. The van der Waals surface area contributed by atoms with Crippen LogP contribution in [0.4, 0.5) is 16.2 Å². The van der Waals surface area contributed by atoms with Gasteiger partial charge in [0, 0.05) is 68.7 Å². The maximum absolute atomic E-state index is 14.9. The minimum atomic E-state index is -0.782. The Morgan fingerprint density at radius 1 is 1.09 bits per heavy atom. The molecule has 0 aliphatic carbocycles. The largest absolute Gasteiger partial charge is 0.381 e. The van der Waals surface area contributed by atoms with Crippen molar-refractivity contribution in [1.82, 2.24) is 30.1 Å². The molecule has 2 aromatic heterocycles. The first-order valence-electron chi connectivity index (χ1n) is 15.4. The van der Waals surface area contributed by atoms with Crippen LogP contribution in [-0.2, 0) is 16.1 Å². The van der Waals surface area contributed by atoms with Crippen molar-refractivity contribution in [2.75, 3.05) is 56.7 Å². The Bertz CT molecular complexity index is 1580. The molecular weight excluding hydrogens is 599 g/mol. The van der Waals surface area contributed by atoms with E-state index in [2.05, 4.69) is 42.4 Å². The van der Waals surface area contributed by atoms with Gasteiger partial charge in [0.1, 0.15) is 17.7 Å². The van der Waals surface area contributed by atoms with Gasteiger partial charge in [0.25, 0.3) is 5.91 Å². The SMILES string of the molecule is C[C@H](C(=O)N[C@H](C)c1cc(N2CCN(C)CC2)ncc1F)N1Cc2ccc(-c3nc(NC4CCOCC4)ncc3Cl)cc2C1=O. The molecule has 3 aliphatic rings. The van der Waals surface area contributed by atoms with Crippen LogP contribution < -0.4 is 15.5 Å². The molecule has 13 heteroatoms. The van der Waals surface area contributed by atoms with Crippen LogP contribution in [0.1, 0.15) is 54.2 Å². The third-order valence-electron chi connectivity index (χ3n) is 8.88. The molecular formula is C32H38ClFN8O3.